The number of benzene rings is 2. The molecule has 1 atom stereocenters. The van der Waals surface area contributed by atoms with E-state index in [4.69, 9.17) is 10.5 Å². The first-order chi connectivity index (χ1) is 9.22. The Morgan fingerprint density at radius 3 is 2.21 bits per heavy atom. The molecule has 0 aromatic heterocycles. The third-order valence-electron chi connectivity index (χ3n) is 3.27. The van der Waals surface area contributed by atoms with Crippen LogP contribution in [0.3, 0.4) is 0 Å². The van der Waals surface area contributed by atoms with Gasteiger partial charge in [0.1, 0.15) is 5.75 Å². The summed E-state index contributed by atoms with van der Waals surface area (Å²) in [6.45, 7) is 0.641. The van der Waals surface area contributed by atoms with Crippen LogP contribution >= 0.6 is 15.9 Å². The van der Waals surface area contributed by atoms with Crippen molar-refractivity contribution in [2.45, 2.75) is 12.3 Å². The summed E-state index contributed by atoms with van der Waals surface area (Å²) in [5.41, 5.74) is 8.47. The smallest absolute Gasteiger partial charge is 0.118 e. The molecule has 2 nitrogen and oxygen atoms in total. The maximum atomic E-state index is 5.91. The van der Waals surface area contributed by atoms with Crippen LogP contribution in [0.2, 0.25) is 0 Å². The SMILES string of the molecule is COc1ccc(C(CN)Cc2ccc(Br)cc2)cc1. The zero-order valence-electron chi connectivity index (χ0n) is 11.0. The van der Waals surface area contributed by atoms with Crippen LogP contribution in [0.1, 0.15) is 17.0 Å². The highest BCUT2D eigenvalue weighted by molar-refractivity contribution is 9.10. The van der Waals surface area contributed by atoms with Crippen molar-refractivity contribution in [3.8, 4) is 5.75 Å². The van der Waals surface area contributed by atoms with Crippen LogP contribution in [0.4, 0.5) is 0 Å². The zero-order chi connectivity index (χ0) is 13.7. The van der Waals surface area contributed by atoms with Gasteiger partial charge in [-0.25, -0.2) is 0 Å². The molecule has 0 saturated carbocycles. The molecule has 0 radical (unpaired) electrons. The number of hydrogen-bond acceptors (Lipinski definition) is 2. The van der Waals surface area contributed by atoms with Crippen molar-refractivity contribution in [1.29, 1.82) is 0 Å². The molecule has 0 spiro atoms. The van der Waals surface area contributed by atoms with Crippen LogP contribution in [-0.4, -0.2) is 13.7 Å². The Morgan fingerprint density at radius 2 is 1.68 bits per heavy atom. The molecule has 2 aromatic rings. The zero-order valence-corrected chi connectivity index (χ0v) is 12.6. The lowest BCUT2D eigenvalue weighted by atomic mass is 9.92. The predicted molar refractivity (Wildman–Crippen MR) is 82.6 cm³/mol. The minimum atomic E-state index is 0.340. The largest absolute Gasteiger partial charge is 0.497 e. The number of rotatable bonds is 5. The second-order valence-electron chi connectivity index (χ2n) is 4.54. The lowest BCUT2D eigenvalue weighted by molar-refractivity contribution is 0.414. The number of halogens is 1. The molecule has 1 unspecified atom stereocenters. The number of ether oxygens (including phenoxy) is 1. The van der Waals surface area contributed by atoms with Gasteiger partial charge in [-0.15, -0.1) is 0 Å². The quantitative estimate of drug-likeness (QED) is 0.911. The van der Waals surface area contributed by atoms with E-state index in [-0.39, 0.29) is 0 Å². The van der Waals surface area contributed by atoms with Gasteiger partial charge in [-0.3, -0.25) is 0 Å². The second-order valence-corrected chi connectivity index (χ2v) is 5.45. The Kier molecular flexibility index (Phi) is 5.00. The summed E-state index contributed by atoms with van der Waals surface area (Å²) in [6.07, 6.45) is 0.954. The van der Waals surface area contributed by atoms with E-state index in [2.05, 4.69) is 52.3 Å². The van der Waals surface area contributed by atoms with Gasteiger partial charge in [0.25, 0.3) is 0 Å². The van der Waals surface area contributed by atoms with Crippen LogP contribution in [0, 0.1) is 0 Å². The molecule has 2 rings (SSSR count). The highest BCUT2D eigenvalue weighted by Gasteiger charge is 2.10. The van der Waals surface area contributed by atoms with Crippen LogP contribution in [0.5, 0.6) is 5.75 Å². The molecule has 0 aliphatic carbocycles. The van der Waals surface area contributed by atoms with Crippen molar-refractivity contribution in [3.05, 3.63) is 64.1 Å². The number of hydrogen-bond donors (Lipinski definition) is 1. The average Bonchev–Trinajstić information content (AvgIpc) is 2.47. The van der Waals surface area contributed by atoms with E-state index in [1.165, 1.54) is 11.1 Å². The molecule has 100 valence electrons. The van der Waals surface area contributed by atoms with E-state index in [9.17, 15) is 0 Å². The Hall–Kier alpha value is -1.32. The normalized spacial score (nSPS) is 12.2. The van der Waals surface area contributed by atoms with Crippen molar-refractivity contribution in [3.63, 3.8) is 0 Å². The van der Waals surface area contributed by atoms with Gasteiger partial charge in [-0.1, -0.05) is 40.2 Å². The van der Waals surface area contributed by atoms with E-state index >= 15 is 0 Å². The topological polar surface area (TPSA) is 35.2 Å². The van der Waals surface area contributed by atoms with Crippen molar-refractivity contribution in [1.82, 2.24) is 0 Å². The summed E-state index contributed by atoms with van der Waals surface area (Å²) < 4.78 is 6.28. The number of methoxy groups -OCH3 is 1. The van der Waals surface area contributed by atoms with Gasteiger partial charge < -0.3 is 10.5 Å². The Labute approximate surface area is 122 Å². The highest BCUT2D eigenvalue weighted by Crippen LogP contribution is 2.23. The fraction of sp³-hybridized carbons (Fsp3) is 0.250. The minimum Gasteiger partial charge on any atom is -0.497 e. The Bertz CT molecular complexity index is 507. The molecule has 3 heteroatoms. The molecular weight excluding hydrogens is 302 g/mol. The third kappa shape index (κ3) is 3.82. The lowest BCUT2D eigenvalue weighted by Crippen LogP contribution is -2.15. The molecule has 2 N–H and O–H groups in total. The first-order valence-electron chi connectivity index (χ1n) is 6.31. The minimum absolute atomic E-state index is 0.340. The van der Waals surface area contributed by atoms with Gasteiger partial charge in [0.05, 0.1) is 7.11 Å². The summed E-state index contributed by atoms with van der Waals surface area (Å²) in [5, 5.41) is 0. The summed E-state index contributed by atoms with van der Waals surface area (Å²) in [5.74, 6) is 1.22. The van der Waals surface area contributed by atoms with Gasteiger partial charge >= 0.3 is 0 Å². The van der Waals surface area contributed by atoms with Gasteiger partial charge in [-0.2, -0.15) is 0 Å². The molecule has 2 aromatic carbocycles. The van der Waals surface area contributed by atoms with Gasteiger partial charge in [-0.05, 0) is 48.4 Å². The molecular formula is C16H18BrNO. The predicted octanol–water partition coefficient (Wildman–Crippen LogP) is 3.74. The first-order valence-corrected chi connectivity index (χ1v) is 7.10. The van der Waals surface area contributed by atoms with Gasteiger partial charge in [0.2, 0.25) is 0 Å². The molecule has 0 amide bonds. The second kappa shape index (κ2) is 6.73. The maximum Gasteiger partial charge on any atom is 0.118 e. The van der Waals surface area contributed by atoms with Crippen LogP contribution in [0.25, 0.3) is 0 Å². The molecule has 19 heavy (non-hydrogen) atoms. The summed E-state index contributed by atoms with van der Waals surface area (Å²) in [7, 11) is 1.68. The highest BCUT2D eigenvalue weighted by atomic mass is 79.9. The van der Waals surface area contributed by atoms with Crippen molar-refractivity contribution in [2.24, 2.45) is 5.73 Å². The summed E-state index contributed by atoms with van der Waals surface area (Å²) in [4.78, 5) is 0. The monoisotopic (exact) mass is 319 g/mol. The average molecular weight is 320 g/mol. The van der Waals surface area contributed by atoms with Crippen LogP contribution in [-0.2, 0) is 6.42 Å². The maximum absolute atomic E-state index is 5.91. The summed E-state index contributed by atoms with van der Waals surface area (Å²) >= 11 is 3.45. The van der Waals surface area contributed by atoms with Crippen LogP contribution in [0.15, 0.2) is 53.0 Å². The molecule has 0 saturated heterocycles. The molecule has 0 aliphatic rings. The fourth-order valence-electron chi connectivity index (χ4n) is 2.12. The van der Waals surface area contributed by atoms with Gasteiger partial charge in [0.15, 0.2) is 0 Å². The van der Waals surface area contributed by atoms with E-state index in [0.29, 0.717) is 12.5 Å². The standard InChI is InChI=1S/C16H18BrNO/c1-19-16-8-4-13(5-9-16)14(11-18)10-12-2-6-15(17)7-3-12/h2-9,14H,10-11,18H2,1H3. The van der Waals surface area contributed by atoms with E-state index in [1.54, 1.807) is 7.11 Å². The van der Waals surface area contributed by atoms with Crippen LogP contribution < -0.4 is 10.5 Å². The van der Waals surface area contributed by atoms with E-state index in [0.717, 1.165) is 16.6 Å². The molecule has 0 heterocycles. The summed E-state index contributed by atoms with van der Waals surface area (Å²) in [6, 6.07) is 16.6. The first kappa shape index (κ1) is 14.1. The molecule has 0 aliphatic heterocycles. The third-order valence-corrected chi connectivity index (χ3v) is 3.80. The van der Waals surface area contributed by atoms with Gasteiger partial charge in [0, 0.05) is 10.4 Å². The fourth-order valence-corrected chi connectivity index (χ4v) is 2.38. The number of nitrogens with two attached hydrogens (primary N) is 1. The lowest BCUT2D eigenvalue weighted by Gasteiger charge is -2.16. The Morgan fingerprint density at radius 1 is 1.05 bits per heavy atom. The van der Waals surface area contributed by atoms with E-state index < -0.39 is 0 Å². The molecule has 0 fully saturated rings. The molecule has 0 bridgehead atoms. The van der Waals surface area contributed by atoms with E-state index in [1.807, 2.05) is 12.1 Å². The van der Waals surface area contributed by atoms with Crippen molar-refractivity contribution in [2.75, 3.05) is 13.7 Å². The van der Waals surface area contributed by atoms with Crippen molar-refractivity contribution < 1.29 is 4.74 Å². The van der Waals surface area contributed by atoms with Crippen molar-refractivity contribution >= 4 is 15.9 Å². The Balaban J connectivity index is 2.12.